The molecule has 0 atom stereocenters. The molecule has 0 bridgehead atoms. The molecular formula is C16H16N4OS. The van der Waals surface area contributed by atoms with E-state index >= 15 is 0 Å². The molecule has 0 spiro atoms. The fourth-order valence-corrected chi connectivity index (χ4v) is 2.90. The molecule has 1 amide bonds. The Kier molecular flexibility index (Phi) is 4.29. The number of aromatic nitrogens is 3. The Morgan fingerprint density at radius 2 is 2.14 bits per heavy atom. The van der Waals surface area contributed by atoms with Crippen molar-refractivity contribution in [2.24, 2.45) is 0 Å². The fraction of sp³-hybridized carbons (Fsp3) is 0.188. The fourth-order valence-electron chi connectivity index (χ4n) is 2.08. The molecule has 6 heteroatoms. The van der Waals surface area contributed by atoms with Gasteiger partial charge < -0.3 is 5.32 Å². The third-order valence-corrected chi connectivity index (χ3v) is 4.24. The summed E-state index contributed by atoms with van der Waals surface area (Å²) in [6.07, 6.45) is 5.41. The van der Waals surface area contributed by atoms with Gasteiger partial charge in [-0.15, -0.1) is 11.3 Å². The Balaban J connectivity index is 1.54. The van der Waals surface area contributed by atoms with Crippen molar-refractivity contribution in [1.82, 2.24) is 20.1 Å². The zero-order valence-corrected chi connectivity index (χ0v) is 13.0. The minimum atomic E-state index is -0.0281. The first-order chi connectivity index (χ1) is 10.7. The maximum atomic E-state index is 11.9. The van der Waals surface area contributed by atoms with E-state index in [4.69, 9.17) is 0 Å². The molecular weight excluding hydrogens is 296 g/mol. The van der Waals surface area contributed by atoms with Gasteiger partial charge in [0, 0.05) is 30.7 Å². The van der Waals surface area contributed by atoms with Crippen LogP contribution in [0.5, 0.6) is 0 Å². The molecule has 0 fully saturated rings. The van der Waals surface area contributed by atoms with Crippen molar-refractivity contribution >= 4 is 17.2 Å². The summed E-state index contributed by atoms with van der Waals surface area (Å²) in [6, 6.07) is 7.70. The molecule has 3 heterocycles. The summed E-state index contributed by atoms with van der Waals surface area (Å²) < 4.78 is 1.83. The first kappa shape index (κ1) is 14.5. The lowest BCUT2D eigenvalue weighted by atomic mass is 10.2. The van der Waals surface area contributed by atoms with Crippen LogP contribution >= 0.6 is 11.3 Å². The van der Waals surface area contributed by atoms with Crippen LogP contribution in [0.4, 0.5) is 0 Å². The second kappa shape index (κ2) is 6.53. The van der Waals surface area contributed by atoms with Crippen molar-refractivity contribution in [3.8, 4) is 11.3 Å². The van der Waals surface area contributed by atoms with Gasteiger partial charge in [0.15, 0.2) is 0 Å². The van der Waals surface area contributed by atoms with Crippen molar-refractivity contribution in [3.63, 3.8) is 0 Å². The summed E-state index contributed by atoms with van der Waals surface area (Å²) in [7, 11) is 0. The number of hydrogen-bond donors (Lipinski definition) is 1. The molecule has 0 saturated carbocycles. The van der Waals surface area contributed by atoms with E-state index in [9.17, 15) is 4.79 Å². The number of nitrogens with zero attached hydrogens (tertiary/aromatic N) is 3. The van der Waals surface area contributed by atoms with Crippen LogP contribution in [0.15, 0.2) is 48.2 Å². The first-order valence-electron chi connectivity index (χ1n) is 6.99. The van der Waals surface area contributed by atoms with Gasteiger partial charge >= 0.3 is 0 Å². The van der Waals surface area contributed by atoms with E-state index in [1.165, 1.54) is 11.3 Å². The number of aryl methyl sites for hydroxylation is 1. The topological polar surface area (TPSA) is 59.8 Å². The molecule has 3 aromatic rings. The number of rotatable bonds is 5. The third kappa shape index (κ3) is 3.40. The molecule has 0 saturated heterocycles. The Hall–Kier alpha value is -2.47. The van der Waals surface area contributed by atoms with Gasteiger partial charge in [-0.25, -0.2) is 0 Å². The zero-order chi connectivity index (χ0) is 15.4. The molecule has 0 aromatic carbocycles. The summed E-state index contributed by atoms with van der Waals surface area (Å²) in [5, 5.41) is 9.38. The predicted octanol–water partition coefficient (Wildman–Crippen LogP) is 2.75. The lowest BCUT2D eigenvalue weighted by Gasteiger charge is -2.04. The van der Waals surface area contributed by atoms with Crippen LogP contribution in [-0.2, 0) is 6.54 Å². The second-order valence-corrected chi connectivity index (χ2v) is 5.86. The van der Waals surface area contributed by atoms with Crippen molar-refractivity contribution in [1.29, 1.82) is 0 Å². The number of carbonyl (C=O) groups excluding carboxylic acids is 1. The summed E-state index contributed by atoms with van der Waals surface area (Å²) >= 11 is 1.46. The number of pyridine rings is 1. The van der Waals surface area contributed by atoms with Gasteiger partial charge in [0.2, 0.25) is 0 Å². The highest BCUT2D eigenvalue weighted by Gasteiger charge is 2.07. The van der Waals surface area contributed by atoms with E-state index in [0.717, 1.165) is 21.7 Å². The number of nitrogens with one attached hydrogen (secondary N) is 1. The molecule has 3 rings (SSSR count). The molecule has 0 aliphatic heterocycles. The van der Waals surface area contributed by atoms with E-state index in [-0.39, 0.29) is 5.91 Å². The minimum Gasteiger partial charge on any atom is -0.349 e. The monoisotopic (exact) mass is 312 g/mol. The van der Waals surface area contributed by atoms with E-state index in [2.05, 4.69) is 15.4 Å². The zero-order valence-electron chi connectivity index (χ0n) is 12.2. The predicted molar refractivity (Wildman–Crippen MR) is 86.8 cm³/mol. The molecule has 0 unspecified atom stereocenters. The minimum absolute atomic E-state index is 0.0281. The summed E-state index contributed by atoms with van der Waals surface area (Å²) in [5.41, 5.74) is 3.05. The molecule has 0 aliphatic rings. The largest absolute Gasteiger partial charge is 0.349 e. The van der Waals surface area contributed by atoms with Crippen molar-refractivity contribution in [2.45, 2.75) is 13.5 Å². The van der Waals surface area contributed by atoms with E-state index in [0.29, 0.717) is 13.1 Å². The number of carbonyl (C=O) groups is 1. The Morgan fingerprint density at radius 1 is 1.32 bits per heavy atom. The van der Waals surface area contributed by atoms with Crippen LogP contribution in [-0.4, -0.2) is 27.2 Å². The van der Waals surface area contributed by atoms with Gasteiger partial charge in [-0.05, 0) is 42.1 Å². The average molecular weight is 312 g/mol. The summed E-state index contributed by atoms with van der Waals surface area (Å²) in [4.78, 5) is 16.7. The van der Waals surface area contributed by atoms with E-state index < -0.39 is 0 Å². The van der Waals surface area contributed by atoms with Crippen LogP contribution in [0, 0.1) is 6.92 Å². The SMILES string of the molecule is Cc1csc(C(=O)NCCn2ccc(-c3ccncc3)n2)c1. The van der Waals surface area contributed by atoms with Crippen molar-refractivity contribution < 1.29 is 4.79 Å². The number of hydrogen-bond acceptors (Lipinski definition) is 4. The first-order valence-corrected chi connectivity index (χ1v) is 7.87. The third-order valence-electron chi connectivity index (χ3n) is 3.20. The summed E-state index contributed by atoms with van der Waals surface area (Å²) in [5.74, 6) is -0.0281. The van der Waals surface area contributed by atoms with Crippen LogP contribution in [0.25, 0.3) is 11.3 Å². The Bertz CT molecular complexity index is 763. The number of amides is 1. The summed E-state index contributed by atoms with van der Waals surface area (Å²) in [6.45, 7) is 3.17. The standard InChI is InChI=1S/C16H16N4OS/c1-12-10-15(22-11-12)16(21)18-7-9-20-8-4-14(19-20)13-2-5-17-6-3-13/h2-6,8,10-11H,7,9H2,1H3,(H,18,21). The second-order valence-electron chi connectivity index (χ2n) is 4.94. The van der Waals surface area contributed by atoms with Crippen LogP contribution in [0.3, 0.4) is 0 Å². The normalized spacial score (nSPS) is 10.6. The molecule has 112 valence electrons. The average Bonchev–Trinajstić information content (AvgIpc) is 3.17. The highest BCUT2D eigenvalue weighted by atomic mass is 32.1. The lowest BCUT2D eigenvalue weighted by molar-refractivity contribution is 0.0956. The van der Waals surface area contributed by atoms with Crippen LogP contribution in [0.1, 0.15) is 15.2 Å². The van der Waals surface area contributed by atoms with E-state index in [1.54, 1.807) is 12.4 Å². The smallest absolute Gasteiger partial charge is 0.261 e. The van der Waals surface area contributed by atoms with Gasteiger partial charge in [0.05, 0.1) is 17.1 Å². The Morgan fingerprint density at radius 3 is 2.86 bits per heavy atom. The molecule has 5 nitrogen and oxygen atoms in total. The molecule has 1 N–H and O–H groups in total. The maximum Gasteiger partial charge on any atom is 0.261 e. The van der Waals surface area contributed by atoms with Gasteiger partial charge in [-0.3, -0.25) is 14.5 Å². The van der Waals surface area contributed by atoms with Crippen LogP contribution < -0.4 is 5.32 Å². The van der Waals surface area contributed by atoms with Crippen LogP contribution in [0.2, 0.25) is 0 Å². The quantitative estimate of drug-likeness (QED) is 0.788. The van der Waals surface area contributed by atoms with Gasteiger partial charge in [-0.2, -0.15) is 5.10 Å². The van der Waals surface area contributed by atoms with Gasteiger partial charge in [-0.1, -0.05) is 0 Å². The number of thiophene rings is 1. The molecule has 3 aromatic heterocycles. The Labute approximate surface area is 132 Å². The molecule has 22 heavy (non-hydrogen) atoms. The molecule has 0 radical (unpaired) electrons. The van der Waals surface area contributed by atoms with E-state index in [1.807, 2.05) is 47.4 Å². The lowest BCUT2D eigenvalue weighted by Crippen LogP contribution is -2.26. The molecule has 0 aliphatic carbocycles. The highest BCUT2D eigenvalue weighted by molar-refractivity contribution is 7.12. The van der Waals surface area contributed by atoms with Crippen molar-refractivity contribution in [2.75, 3.05) is 6.54 Å². The van der Waals surface area contributed by atoms with Gasteiger partial charge in [0.1, 0.15) is 0 Å². The van der Waals surface area contributed by atoms with Crippen molar-refractivity contribution in [3.05, 3.63) is 58.7 Å². The maximum absolute atomic E-state index is 11.9. The van der Waals surface area contributed by atoms with Gasteiger partial charge in [0.25, 0.3) is 5.91 Å². The highest BCUT2D eigenvalue weighted by Crippen LogP contribution is 2.15.